The lowest BCUT2D eigenvalue weighted by Gasteiger charge is -2.31. The van der Waals surface area contributed by atoms with Crippen LogP contribution in [0.15, 0.2) is 30.7 Å². The molecule has 1 saturated heterocycles. The summed E-state index contributed by atoms with van der Waals surface area (Å²) in [7, 11) is 0. The van der Waals surface area contributed by atoms with Crippen LogP contribution < -0.4 is 11.1 Å². The summed E-state index contributed by atoms with van der Waals surface area (Å²) < 4.78 is 0. The number of aromatic nitrogens is 3. The zero-order valence-electron chi connectivity index (χ0n) is 15.4. The van der Waals surface area contributed by atoms with Crippen LogP contribution in [-0.2, 0) is 4.79 Å². The van der Waals surface area contributed by atoms with Crippen LogP contribution in [0.5, 0.6) is 0 Å². The summed E-state index contributed by atoms with van der Waals surface area (Å²) in [4.78, 5) is 38.7. The van der Waals surface area contributed by atoms with E-state index in [1.54, 1.807) is 25.5 Å². The zero-order chi connectivity index (χ0) is 19.2. The van der Waals surface area contributed by atoms with Crippen molar-refractivity contribution >= 4 is 11.8 Å². The van der Waals surface area contributed by atoms with Crippen LogP contribution in [0, 0.1) is 12.8 Å². The maximum Gasteiger partial charge on any atom is 0.254 e. The summed E-state index contributed by atoms with van der Waals surface area (Å²) in [6.45, 7) is 4.55. The van der Waals surface area contributed by atoms with Gasteiger partial charge in [0.2, 0.25) is 5.91 Å². The highest BCUT2D eigenvalue weighted by atomic mass is 16.2. The second-order valence-corrected chi connectivity index (χ2v) is 6.73. The number of nitrogens with one attached hydrogen (secondary N) is 1. The lowest BCUT2D eigenvalue weighted by molar-refractivity contribution is -0.123. The Bertz CT molecular complexity index is 811. The molecule has 2 aromatic heterocycles. The van der Waals surface area contributed by atoms with Crippen LogP contribution in [-0.4, -0.2) is 57.8 Å². The van der Waals surface area contributed by atoms with Crippen LogP contribution in [0.2, 0.25) is 0 Å². The molecule has 0 bridgehead atoms. The number of aryl methyl sites for hydroxylation is 1. The molecule has 2 aromatic rings. The number of hydrogen-bond donors (Lipinski definition) is 2. The molecule has 0 radical (unpaired) electrons. The van der Waals surface area contributed by atoms with Crippen molar-refractivity contribution in [2.45, 2.75) is 19.8 Å². The molecule has 0 unspecified atom stereocenters. The minimum Gasteiger partial charge on any atom is -0.369 e. The molecule has 2 amide bonds. The van der Waals surface area contributed by atoms with Crippen molar-refractivity contribution in [2.75, 3.05) is 26.2 Å². The van der Waals surface area contributed by atoms with Gasteiger partial charge in [-0.05, 0) is 38.4 Å². The van der Waals surface area contributed by atoms with E-state index in [9.17, 15) is 9.59 Å². The number of pyridine rings is 1. The highest BCUT2D eigenvalue weighted by molar-refractivity contribution is 5.95. The molecule has 0 saturated carbocycles. The number of nitrogens with two attached hydrogens (primary N) is 1. The quantitative estimate of drug-likeness (QED) is 0.779. The molecule has 1 aliphatic heterocycles. The Kier molecular flexibility index (Phi) is 6.08. The maximum absolute atomic E-state index is 12.4. The van der Waals surface area contributed by atoms with Gasteiger partial charge in [-0.2, -0.15) is 0 Å². The van der Waals surface area contributed by atoms with Crippen molar-refractivity contribution in [3.05, 3.63) is 42.0 Å². The molecule has 1 fully saturated rings. The van der Waals surface area contributed by atoms with Crippen molar-refractivity contribution in [2.24, 2.45) is 11.7 Å². The van der Waals surface area contributed by atoms with Crippen molar-refractivity contribution in [3.8, 4) is 11.4 Å². The van der Waals surface area contributed by atoms with E-state index in [4.69, 9.17) is 5.73 Å². The Morgan fingerprint density at radius 2 is 2.22 bits per heavy atom. The van der Waals surface area contributed by atoms with Crippen LogP contribution in [0.3, 0.4) is 0 Å². The molecule has 3 N–H and O–H groups in total. The summed E-state index contributed by atoms with van der Waals surface area (Å²) in [5, 5.41) is 2.90. The Hall–Kier alpha value is -2.87. The van der Waals surface area contributed by atoms with Gasteiger partial charge in [0.1, 0.15) is 0 Å². The van der Waals surface area contributed by atoms with Crippen molar-refractivity contribution in [3.63, 3.8) is 0 Å². The third-order valence-corrected chi connectivity index (χ3v) is 4.77. The Labute approximate surface area is 158 Å². The minimum absolute atomic E-state index is 0.0925. The SMILES string of the molecule is Cc1nc(-c2cccnc2)ncc1C(=O)NCCN1CCC[C@H](C(N)=O)C1. The molecule has 1 atom stereocenters. The lowest BCUT2D eigenvalue weighted by atomic mass is 9.97. The molecule has 8 heteroatoms. The Balaban J connectivity index is 1.54. The van der Waals surface area contributed by atoms with Gasteiger partial charge in [-0.1, -0.05) is 0 Å². The highest BCUT2D eigenvalue weighted by Crippen LogP contribution is 2.16. The topological polar surface area (TPSA) is 114 Å². The lowest BCUT2D eigenvalue weighted by Crippen LogP contribution is -2.44. The highest BCUT2D eigenvalue weighted by Gasteiger charge is 2.23. The van der Waals surface area contributed by atoms with Gasteiger partial charge in [-0.15, -0.1) is 0 Å². The summed E-state index contributed by atoms with van der Waals surface area (Å²) in [5.74, 6) is 0.00647. The third-order valence-electron chi connectivity index (χ3n) is 4.77. The smallest absolute Gasteiger partial charge is 0.254 e. The van der Waals surface area contributed by atoms with Gasteiger partial charge < -0.3 is 16.0 Å². The molecule has 0 aromatic carbocycles. The fraction of sp³-hybridized carbons (Fsp3) is 0.421. The van der Waals surface area contributed by atoms with E-state index in [1.165, 1.54) is 0 Å². The van der Waals surface area contributed by atoms with Crippen LogP contribution in [0.4, 0.5) is 0 Å². The predicted octanol–water partition coefficient (Wildman–Crippen LogP) is 0.774. The van der Waals surface area contributed by atoms with E-state index < -0.39 is 0 Å². The first kappa shape index (κ1) is 18.9. The summed E-state index contributed by atoms with van der Waals surface area (Å²) >= 11 is 0. The molecule has 1 aliphatic rings. The number of carbonyl (C=O) groups excluding carboxylic acids is 2. The molecule has 142 valence electrons. The van der Waals surface area contributed by atoms with Gasteiger partial charge in [0.05, 0.1) is 17.2 Å². The number of nitrogens with zero attached hydrogens (tertiary/aromatic N) is 4. The zero-order valence-corrected chi connectivity index (χ0v) is 15.4. The van der Waals surface area contributed by atoms with Gasteiger partial charge in [-0.25, -0.2) is 9.97 Å². The number of carbonyl (C=O) groups is 2. The number of piperidine rings is 1. The number of amides is 2. The molecule has 3 rings (SSSR count). The Morgan fingerprint density at radius 1 is 1.37 bits per heavy atom. The molecular formula is C19H24N6O2. The molecule has 3 heterocycles. The third kappa shape index (κ3) is 4.85. The second-order valence-electron chi connectivity index (χ2n) is 6.73. The summed E-state index contributed by atoms with van der Waals surface area (Å²) in [5.41, 5.74) is 7.28. The average Bonchev–Trinajstić information content (AvgIpc) is 2.68. The van der Waals surface area contributed by atoms with Gasteiger partial charge in [0.15, 0.2) is 5.82 Å². The summed E-state index contributed by atoms with van der Waals surface area (Å²) in [6, 6.07) is 3.69. The van der Waals surface area contributed by atoms with E-state index in [-0.39, 0.29) is 17.7 Å². The first-order valence-electron chi connectivity index (χ1n) is 9.08. The Morgan fingerprint density at radius 3 is 2.93 bits per heavy atom. The van der Waals surface area contributed by atoms with Crippen LogP contribution in [0.1, 0.15) is 28.9 Å². The molecule has 0 aliphatic carbocycles. The van der Waals surface area contributed by atoms with Crippen LogP contribution >= 0.6 is 0 Å². The molecule has 8 nitrogen and oxygen atoms in total. The number of rotatable bonds is 6. The maximum atomic E-state index is 12.4. The average molecular weight is 368 g/mol. The monoisotopic (exact) mass is 368 g/mol. The van der Waals surface area contributed by atoms with E-state index in [0.717, 1.165) is 24.9 Å². The normalized spacial score (nSPS) is 17.4. The van der Waals surface area contributed by atoms with E-state index in [0.29, 0.717) is 36.7 Å². The standard InChI is InChI=1S/C19H24N6O2/c1-13-16(11-23-18(24-13)14-4-2-6-21-10-14)19(27)22-7-9-25-8-3-5-15(12-25)17(20)26/h2,4,6,10-11,15H,3,5,7-9,12H2,1H3,(H2,20,26)(H,22,27)/t15-/m0/s1. The largest absolute Gasteiger partial charge is 0.369 e. The van der Waals surface area contributed by atoms with Gasteiger partial charge >= 0.3 is 0 Å². The predicted molar refractivity (Wildman–Crippen MR) is 101 cm³/mol. The minimum atomic E-state index is -0.245. The number of primary amides is 1. The van der Waals surface area contributed by atoms with E-state index in [2.05, 4.69) is 25.2 Å². The first-order valence-corrected chi connectivity index (χ1v) is 9.08. The van der Waals surface area contributed by atoms with Gasteiger partial charge in [-0.3, -0.25) is 14.6 Å². The fourth-order valence-corrected chi connectivity index (χ4v) is 3.24. The molecular weight excluding hydrogens is 344 g/mol. The van der Waals surface area contributed by atoms with Gasteiger partial charge in [0.25, 0.3) is 5.91 Å². The molecule has 27 heavy (non-hydrogen) atoms. The second kappa shape index (κ2) is 8.68. The van der Waals surface area contributed by atoms with E-state index >= 15 is 0 Å². The van der Waals surface area contributed by atoms with Crippen molar-refractivity contribution in [1.29, 1.82) is 0 Å². The summed E-state index contributed by atoms with van der Waals surface area (Å²) in [6.07, 6.45) is 6.71. The van der Waals surface area contributed by atoms with Crippen molar-refractivity contribution in [1.82, 2.24) is 25.2 Å². The molecule has 0 spiro atoms. The van der Waals surface area contributed by atoms with Gasteiger partial charge in [0, 0.05) is 43.8 Å². The number of hydrogen-bond acceptors (Lipinski definition) is 6. The number of likely N-dealkylation sites (tertiary alicyclic amines) is 1. The van der Waals surface area contributed by atoms with Crippen molar-refractivity contribution < 1.29 is 9.59 Å². The fourth-order valence-electron chi connectivity index (χ4n) is 3.24. The van der Waals surface area contributed by atoms with E-state index in [1.807, 2.05) is 12.1 Å². The van der Waals surface area contributed by atoms with Crippen LogP contribution in [0.25, 0.3) is 11.4 Å². The first-order chi connectivity index (χ1) is 13.0.